The van der Waals surface area contributed by atoms with E-state index >= 15 is 0 Å². The summed E-state index contributed by atoms with van der Waals surface area (Å²) in [4.78, 5) is 28.6. The number of phenolic OH excluding ortho intramolecular Hbond substituents is 2. The highest BCUT2D eigenvalue weighted by atomic mass is 16.7. The number of aliphatic hydroxyl groups is 8. The molecule has 67 heavy (non-hydrogen) atoms. The van der Waals surface area contributed by atoms with E-state index in [4.69, 9.17) is 42.6 Å². The Hall–Kier alpha value is -3.20. The first-order valence-corrected chi connectivity index (χ1v) is 22.8. The maximum atomic E-state index is 14.8. The molecule has 2 aromatic carbocycles. The highest BCUT2D eigenvalue weighted by molar-refractivity contribution is 6.11. The van der Waals surface area contributed by atoms with Crippen LogP contribution in [-0.2, 0) is 49.1 Å². The lowest BCUT2D eigenvalue weighted by Gasteiger charge is -2.45. The minimum absolute atomic E-state index is 0.0243. The summed E-state index contributed by atoms with van der Waals surface area (Å²) in [5.74, 6) is -3.96. The van der Waals surface area contributed by atoms with Gasteiger partial charge in [-0.2, -0.15) is 0 Å². The van der Waals surface area contributed by atoms with Crippen molar-refractivity contribution in [3.8, 4) is 17.2 Å². The van der Waals surface area contributed by atoms with Crippen LogP contribution in [0.4, 0.5) is 0 Å². The number of hydrogen-bond donors (Lipinski definition) is 10. The highest BCUT2D eigenvalue weighted by Gasteiger charge is 2.51. The summed E-state index contributed by atoms with van der Waals surface area (Å²) >= 11 is 0. The monoisotopic (exact) mass is 954 g/mol. The molecule has 4 heterocycles. The average Bonchev–Trinajstić information content (AvgIpc) is 3.25. The van der Waals surface area contributed by atoms with Gasteiger partial charge < -0.3 is 93.7 Å². The quantitative estimate of drug-likeness (QED) is 0.125. The van der Waals surface area contributed by atoms with Crippen LogP contribution in [0.5, 0.6) is 17.2 Å². The van der Waals surface area contributed by atoms with Gasteiger partial charge in [-0.05, 0) is 78.0 Å². The third-order valence-electron chi connectivity index (χ3n) is 13.9. The van der Waals surface area contributed by atoms with Crippen LogP contribution >= 0.6 is 0 Å². The number of ether oxygens (including phenoxy) is 9. The van der Waals surface area contributed by atoms with E-state index in [-0.39, 0.29) is 65.3 Å². The van der Waals surface area contributed by atoms with Crippen molar-refractivity contribution in [2.45, 2.75) is 203 Å². The van der Waals surface area contributed by atoms with Crippen LogP contribution in [0.15, 0.2) is 12.1 Å². The van der Waals surface area contributed by atoms with Crippen molar-refractivity contribution in [2.75, 3.05) is 7.11 Å². The van der Waals surface area contributed by atoms with E-state index in [1.807, 2.05) is 0 Å². The molecule has 0 radical (unpaired) electrons. The number of carbonyl (C=O) groups excluding carboxylic acids is 2. The van der Waals surface area contributed by atoms with Crippen LogP contribution in [0.25, 0.3) is 10.8 Å². The molecule has 0 saturated carbocycles. The van der Waals surface area contributed by atoms with Crippen LogP contribution in [0, 0.1) is 12.8 Å². The van der Waals surface area contributed by atoms with Crippen molar-refractivity contribution >= 4 is 22.3 Å². The number of hydrogen-bond acceptors (Lipinski definition) is 21. The summed E-state index contributed by atoms with van der Waals surface area (Å²) in [7, 11) is 1.19. The first-order valence-electron chi connectivity index (χ1n) is 22.8. The van der Waals surface area contributed by atoms with Gasteiger partial charge in [0.05, 0.1) is 65.4 Å². The number of aromatic hydroxyl groups is 2. The molecule has 4 saturated heterocycles. The van der Waals surface area contributed by atoms with Crippen LogP contribution in [0.2, 0.25) is 0 Å². The summed E-state index contributed by atoms with van der Waals surface area (Å²) in [6, 6.07) is 3.04. The average molecular weight is 955 g/mol. The Morgan fingerprint density at radius 3 is 1.91 bits per heavy atom. The third-order valence-corrected chi connectivity index (χ3v) is 13.9. The Morgan fingerprint density at radius 2 is 1.33 bits per heavy atom. The Labute approximate surface area is 387 Å². The number of rotatable bonds is 13. The van der Waals surface area contributed by atoms with Gasteiger partial charge in [0.2, 0.25) is 6.29 Å². The fourth-order valence-electron chi connectivity index (χ4n) is 9.92. The molecular weight excluding hydrogens is 888 g/mol. The Kier molecular flexibility index (Phi) is 15.6. The van der Waals surface area contributed by atoms with Gasteiger partial charge in [0, 0.05) is 44.3 Å². The summed E-state index contributed by atoms with van der Waals surface area (Å²) < 4.78 is 53.9. The Balaban J connectivity index is 1.18. The van der Waals surface area contributed by atoms with Crippen LogP contribution in [0.1, 0.15) is 88.7 Å². The van der Waals surface area contributed by atoms with Gasteiger partial charge in [0.25, 0.3) is 0 Å². The number of methoxy groups -OCH3 is 1. The third kappa shape index (κ3) is 10.3. The summed E-state index contributed by atoms with van der Waals surface area (Å²) in [5.41, 5.74) is -1.46. The number of ketones is 2. The molecule has 7 rings (SSSR count). The van der Waals surface area contributed by atoms with Crippen molar-refractivity contribution in [3.05, 3.63) is 28.8 Å². The lowest BCUT2D eigenvalue weighted by molar-refractivity contribution is -0.320. The lowest BCUT2D eigenvalue weighted by Crippen LogP contribution is -2.58. The molecule has 1 aliphatic carbocycles. The molecule has 21 unspecified atom stereocenters. The van der Waals surface area contributed by atoms with Crippen molar-refractivity contribution in [1.82, 2.24) is 0 Å². The van der Waals surface area contributed by atoms with Gasteiger partial charge in [0.15, 0.2) is 30.4 Å². The highest BCUT2D eigenvalue weighted by Crippen LogP contribution is 2.47. The number of phenols is 2. The predicted molar refractivity (Wildman–Crippen MR) is 229 cm³/mol. The van der Waals surface area contributed by atoms with Gasteiger partial charge in [-0.3, -0.25) is 9.59 Å². The topological polar surface area (TPSA) is 320 Å². The van der Waals surface area contributed by atoms with Gasteiger partial charge in [0.1, 0.15) is 60.0 Å². The molecule has 0 spiro atoms. The number of Topliss-reactive ketones (excluding diaryl/α,β-unsaturated/α-hetero) is 2. The Bertz CT molecular complexity index is 2090. The largest absolute Gasteiger partial charge is 0.507 e. The van der Waals surface area contributed by atoms with Gasteiger partial charge in [-0.25, -0.2) is 0 Å². The number of fused-ring (bicyclic) bond motifs is 2. The molecule has 10 N–H and O–H groups in total. The second kappa shape index (κ2) is 20.3. The summed E-state index contributed by atoms with van der Waals surface area (Å²) in [6.45, 7) is 10.5. The smallest absolute Gasteiger partial charge is 0.202 e. The van der Waals surface area contributed by atoms with Crippen LogP contribution < -0.4 is 4.74 Å². The second-order valence-electron chi connectivity index (χ2n) is 19.0. The van der Waals surface area contributed by atoms with E-state index in [0.717, 1.165) is 0 Å². The predicted octanol–water partition coefficient (Wildman–Crippen LogP) is -0.130. The molecule has 21 nitrogen and oxygen atoms in total. The molecular formula is C46H66O21. The van der Waals surface area contributed by atoms with Crippen molar-refractivity contribution in [3.63, 3.8) is 0 Å². The summed E-state index contributed by atoms with van der Waals surface area (Å²) in [6.07, 6.45) is -22.6. The molecule has 4 fully saturated rings. The lowest BCUT2D eigenvalue weighted by atomic mass is 9.75. The normalized spacial score (nSPS) is 40.8. The van der Waals surface area contributed by atoms with Crippen LogP contribution in [-0.4, -0.2) is 192 Å². The number of carbonyl (C=O) groups is 2. The zero-order valence-electron chi connectivity index (χ0n) is 38.7. The molecule has 21 atom stereocenters. The molecule has 0 aromatic heterocycles. The zero-order chi connectivity index (χ0) is 49.1. The van der Waals surface area contributed by atoms with Crippen LogP contribution in [0.3, 0.4) is 0 Å². The standard InChI is InChI=1S/C46H66O21/c1-16-26(64-30-13-27(38(52)19(4)61-30)65-29-12-25(48)37(51)18(3)60-29)11-23-9-22-10-24(43(59-8)42(56)36(50)17(2)47)44(41(55)34(22)40(54)33(23)35(16)49)67-31-14-28(39(53)20(5)62-31)66-32-15-46(7,58)45(57)21(6)63-32/h9,11,17-21,24-25,27-32,36-39,43-45,47-54,57-58H,10,12-15H2,1-8H3. The minimum Gasteiger partial charge on any atom is -0.507 e. The van der Waals surface area contributed by atoms with E-state index < -0.39 is 151 Å². The Morgan fingerprint density at radius 1 is 0.776 bits per heavy atom. The van der Waals surface area contributed by atoms with E-state index in [1.54, 1.807) is 27.7 Å². The fourth-order valence-corrected chi connectivity index (χ4v) is 9.92. The SMILES string of the molecule is COC(C(=O)C(O)C(C)O)C1Cc2cc3cc(OC4CC(OC5CC(O)C(O)C(C)O5)C(O)C(C)O4)c(C)c(O)c3c(O)c2C(=O)C1OC1CC(OC2CC(C)(O)C(O)C(C)O2)C(O)C(C)O1. The fraction of sp³-hybridized carbons (Fsp3) is 0.739. The first-order chi connectivity index (χ1) is 31.4. The van der Waals surface area contributed by atoms with E-state index in [1.165, 1.54) is 40.0 Å². The van der Waals surface area contributed by atoms with Crippen molar-refractivity contribution in [2.24, 2.45) is 5.92 Å². The molecule has 5 aliphatic rings. The molecule has 0 amide bonds. The van der Waals surface area contributed by atoms with Crippen molar-refractivity contribution < 1.29 is 103 Å². The molecule has 0 bridgehead atoms. The maximum absolute atomic E-state index is 14.8. The molecule has 2 aromatic rings. The van der Waals surface area contributed by atoms with E-state index in [2.05, 4.69) is 0 Å². The minimum atomic E-state index is -1.92. The number of aliphatic hydroxyl groups excluding tert-OH is 7. The molecule has 21 heteroatoms. The summed E-state index contributed by atoms with van der Waals surface area (Å²) in [5, 5.41) is 108. The van der Waals surface area contributed by atoms with Gasteiger partial charge >= 0.3 is 0 Å². The van der Waals surface area contributed by atoms with Gasteiger partial charge in [-0.1, -0.05) is 0 Å². The molecule has 376 valence electrons. The van der Waals surface area contributed by atoms with Gasteiger partial charge in [-0.15, -0.1) is 0 Å². The molecule has 4 aliphatic heterocycles. The zero-order valence-corrected chi connectivity index (χ0v) is 38.7. The maximum Gasteiger partial charge on any atom is 0.202 e. The van der Waals surface area contributed by atoms with Crippen molar-refractivity contribution in [1.29, 1.82) is 0 Å². The van der Waals surface area contributed by atoms with E-state index in [0.29, 0.717) is 0 Å². The van der Waals surface area contributed by atoms with E-state index in [9.17, 15) is 60.7 Å². The number of benzene rings is 2. The second-order valence-corrected chi connectivity index (χ2v) is 19.0. The first kappa shape index (κ1) is 51.6.